The molecule has 5 heteroatoms. The quantitative estimate of drug-likeness (QED) is 0.357. The van der Waals surface area contributed by atoms with Gasteiger partial charge in [0.25, 0.3) is 11.7 Å². The van der Waals surface area contributed by atoms with Gasteiger partial charge in [0, 0.05) is 27.6 Å². The van der Waals surface area contributed by atoms with Crippen molar-refractivity contribution in [2.75, 3.05) is 13.1 Å². The Morgan fingerprint density at radius 1 is 1.04 bits per heavy atom. The van der Waals surface area contributed by atoms with Gasteiger partial charge in [0.15, 0.2) is 0 Å². The predicted molar refractivity (Wildman–Crippen MR) is 109 cm³/mol. The number of aromatic amines is 1. The number of nitrogens with one attached hydrogen (secondary N) is 1. The minimum atomic E-state index is -0.463. The van der Waals surface area contributed by atoms with Crippen LogP contribution < -0.4 is 0 Å². The molecule has 3 rings (SSSR count). The van der Waals surface area contributed by atoms with Gasteiger partial charge in [-0.3, -0.25) is 9.59 Å². The van der Waals surface area contributed by atoms with Gasteiger partial charge < -0.3 is 9.88 Å². The van der Waals surface area contributed by atoms with Gasteiger partial charge in [-0.2, -0.15) is 0 Å². The van der Waals surface area contributed by atoms with Crippen LogP contribution in [0, 0.1) is 3.57 Å². The number of Topliss-reactive ketones (excluding diaryl/α,β-unsaturated/α-hetero) is 1. The molecule has 1 aromatic heterocycles. The highest BCUT2D eigenvalue weighted by molar-refractivity contribution is 14.1. The van der Waals surface area contributed by atoms with Crippen LogP contribution in [0.15, 0.2) is 48.5 Å². The van der Waals surface area contributed by atoms with Crippen LogP contribution in [-0.4, -0.2) is 34.7 Å². The second-order valence-corrected chi connectivity index (χ2v) is 6.98. The van der Waals surface area contributed by atoms with E-state index in [0.29, 0.717) is 24.3 Å². The third kappa shape index (κ3) is 3.33. The van der Waals surface area contributed by atoms with Crippen molar-refractivity contribution in [3.63, 3.8) is 0 Å². The van der Waals surface area contributed by atoms with Gasteiger partial charge in [-0.1, -0.05) is 30.3 Å². The first kappa shape index (κ1) is 17.7. The molecule has 1 heterocycles. The smallest absolute Gasteiger partial charge is 0.295 e. The summed E-state index contributed by atoms with van der Waals surface area (Å²) in [6.07, 6.45) is 0. The zero-order chi connectivity index (χ0) is 18.0. The summed E-state index contributed by atoms with van der Waals surface area (Å²) >= 11 is 2.24. The highest BCUT2D eigenvalue weighted by atomic mass is 127. The van der Waals surface area contributed by atoms with E-state index in [2.05, 4.69) is 27.6 Å². The molecule has 0 atom stereocenters. The maximum Gasteiger partial charge on any atom is 0.295 e. The topological polar surface area (TPSA) is 53.2 Å². The molecule has 0 saturated heterocycles. The van der Waals surface area contributed by atoms with Crippen LogP contribution in [0.5, 0.6) is 0 Å². The molecule has 0 unspecified atom stereocenters. The van der Waals surface area contributed by atoms with Gasteiger partial charge in [0.2, 0.25) is 0 Å². The predicted octanol–water partition coefficient (Wildman–Crippen LogP) is 4.49. The third-order valence-corrected chi connectivity index (χ3v) is 4.96. The Labute approximate surface area is 160 Å². The number of amides is 1. The fourth-order valence-corrected chi connectivity index (χ4v) is 3.54. The van der Waals surface area contributed by atoms with Crippen molar-refractivity contribution in [2.45, 2.75) is 13.8 Å². The zero-order valence-corrected chi connectivity index (χ0v) is 16.3. The number of ketones is 1. The summed E-state index contributed by atoms with van der Waals surface area (Å²) in [5.74, 6) is -0.920. The van der Waals surface area contributed by atoms with Crippen LogP contribution in [0.1, 0.15) is 24.2 Å². The van der Waals surface area contributed by atoms with E-state index in [9.17, 15) is 9.59 Å². The number of aromatic nitrogens is 1. The largest absolute Gasteiger partial charge is 0.354 e. The minimum absolute atomic E-state index is 0.453. The number of halogens is 1. The summed E-state index contributed by atoms with van der Waals surface area (Å²) in [5.41, 5.74) is 2.91. The molecule has 4 nitrogen and oxygen atoms in total. The Morgan fingerprint density at radius 3 is 2.44 bits per heavy atom. The second-order valence-electron chi connectivity index (χ2n) is 5.74. The molecular formula is C20H19IN2O2. The monoisotopic (exact) mass is 446 g/mol. The lowest BCUT2D eigenvalue weighted by Crippen LogP contribution is -2.36. The van der Waals surface area contributed by atoms with Crippen LogP contribution in [0.25, 0.3) is 22.2 Å². The van der Waals surface area contributed by atoms with Crippen LogP contribution in [0.4, 0.5) is 0 Å². The van der Waals surface area contributed by atoms with Crippen LogP contribution in [0.2, 0.25) is 0 Å². The Bertz CT molecular complexity index is 942. The molecule has 2 aromatic carbocycles. The Balaban J connectivity index is 2.20. The van der Waals surface area contributed by atoms with Gasteiger partial charge in [-0.25, -0.2) is 0 Å². The summed E-state index contributed by atoms with van der Waals surface area (Å²) < 4.78 is 1.07. The molecule has 0 aliphatic rings. The number of nitrogens with zero attached hydrogens (tertiary/aromatic N) is 1. The van der Waals surface area contributed by atoms with E-state index >= 15 is 0 Å². The van der Waals surface area contributed by atoms with Crippen LogP contribution in [-0.2, 0) is 4.79 Å². The number of fused-ring (bicyclic) bond motifs is 1. The summed E-state index contributed by atoms with van der Waals surface area (Å²) in [6.45, 7) is 4.79. The molecule has 0 radical (unpaired) electrons. The highest BCUT2D eigenvalue weighted by Crippen LogP contribution is 2.31. The van der Waals surface area contributed by atoms with Gasteiger partial charge in [-0.05, 0) is 60.2 Å². The van der Waals surface area contributed by atoms with E-state index in [-0.39, 0.29) is 0 Å². The number of hydrogen-bond acceptors (Lipinski definition) is 2. The van der Waals surface area contributed by atoms with E-state index < -0.39 is 11.7 Å². The fourth-order valence-electron chi connectivity index (χ4n) is 3.00. The molecule has 1 N–H and O–H groups in total. The molecule has 128 valence electrons. The molecule has 0 aliphatic carbocycles. The molecule has 0 saturated carbocycles. The van der Waals surface area contributed by atoms with Crippen molar-refractivity contribution >= 4 is 45.2 Å². The van der Waals surface area contributed by atoms with Gasteiger partial charge >= 0.3 is 0 Å². The first-order valence-electron chi connectivity index (χ1n) is 8.27. The van der Waals surface area contributed by atoms with Crippen molar-refractivity contribution in [2.24, 2.45) is 0 Å². The number of rotatable bonds is 5. The molecule has 0 spiro atoms. The number of para-hydroxylation sites is 1. The van der Waals surface area contributed by atoms with Crippen LogP contribution >= 0.6 is 22.6 Å². The first-order valence-corrected chi connectivity index (χ1v) is 9.34. The van der Waals surface area contributed by atoms with Crippen molar-refractivity contribution in [3.05, 3.63) is 57.7 Å². The number of carbonyl (C=O) groups excluding carboxylic acids is 2. The summed E-state index contributed by atoms with van der Waals surface area (Å²) in [6, 6.07) is 15.5. The van der Waals surface area contributed by atoms with Crippen molar-refractivity contribution < 1.29 is 9.59 Å². The van der Waals surface area contributed by atoms with Gasteiger partial charge in [-0.15, -0.1) is 0 Å². The van der Waals surface area contributed by atoms with E-state index in [1.807, 2.05) is 62.4 Å². The average molecular weight is 446 g/mol. The number of benzene rings is 2. The maximum absolute atomic E-state index is 13.0. The normalized spacial score (nSPS) is 10.8. The lowest BCUT2D eigenvalue weighted by Gasteiger charge is -2.17. The van der Waals surface area contributed by atoms with E-state index in [0.717, 1.165) is 20.0 Å². The van der Waals surface area contributed by atoms with Crippen molar-refractivity contribution in [1.29, 1.82) is 0 Å². The van der Waals surface area contributed by atoms with E-state index in [1.165, 1.54) is 0 Å². The highest BCUT2D eigenvalue weighted by Gasteiger charge is 2.27. The first-order chi connectivity index (χ1) is 12.1. The molecular weight excluding hydrogens is 427 g/mol. The van der Waals surface area contributed by atoms with Gasteiger partial charge in [0.05, 0.1) is 11.3 Å². The fraction of sp³-hybridized carbons (Fsp3) is 0.200. The van der Waals surface area contributed by atoms with Crippen LogP contribution in [0.3, 0.4) is 0 Å². The molecule has 0 aliphatic heterocycles. The Morgan fingerprint density at radius 2 is 1.76 bits per heavy atom. The number of likely N-dealkylation sites (N-methyl/N-ethyl adjacent to an activating group) is 1. The van der Waals surface area contributed by atoms with E-state index in [1.54, 1.807) is 4.90 Å². The number of hydrogen-bond donors (Lipinski definition) is 1. The lowest BCUT2D eigenvalue weighted by atomic mass is 10.0. The minimum Gasteiger partial charge on any atom is -0.354 e. The molecule has 3 aromatic rings. The van der Waals surface area contributed by atoms with Gasteiger partial charge in [0.1, 0.15) is 0 Å². The summed E-state index contributed by atoms with van der Waals surface area (Å²) in [5, 5.41) is 0.780. The summed E-state index contributed by atoms with van der Waals surface area (Å²) in [7, 11) is 0. The second kappa shape index (κ2) is 7.39. The molecule has 25 heavy (non-hydrogen) atoms. The SMILES string of the molecule is CCN(CC)C(=O)C(=O)c1c(-c2cccc(I)c2)[nH]c2ccccc12. The average Bonchev–Trinajstić information content (AvgIpc) is 3.01. The van der Waals surface area contributed by atoms with Crippen molar-refractivity contribution in [1.82, 2.24) is 9.88 Å². The Hall–Kier alpha value is -2.15. The maximum atomic E-state index is 13.0. The summed E-state index contributed by atoms with van der Waals surface area (Å²) in [4.78, 5) is 30.6. The number of H-pyrrole nitrogens is 1. The molecule has 1 amide bonds. The zero-order valence-electron chi connectivity index (χ0n) is 14.2. The third-order valence-electron chi connectivity index (χ3n) is 4.29. The number of carbonyl (C=O) groups is 2. The van der Waals surface area contributed by atoms with E-state index in [4.69, 9.17) is 0 Å². The molecule has 0 bridgehead atoms. The van der Waals surface area contributed by atoms with Crippen molar-refractivity contribution in [3.8, 4) is 11.3 Å². The Kier molecular flexibility index (Phi) is 5.22. The lowest BCUT2D eigenvalue weighted by molar-refractivity contribution is -0.126. The standard InChI is InChI=1S/C20H19IN2O2/c1-3-23(4-2)20(25)19(24)17-15-10-5-6-11-16(15)22-18(17)13-8-7-9-14(21)12-13/h5-12,22H,3-4H2,1-2H3. The molecule has 0 fully saturated rings.